The van der Waals surface area contributed by atoms with Crippen molar-refractivity contribution in [1.82, 2.24) is 10.1 Å². The van der Waals surface area contributed by atoms with Crippen molar-refractivity contribution in [3.05, 3.63) is 30.3 Å². The fourth-order valence-electron chi connectivity index (χ4n) is 3.82. The van der Waals surface area contributed by atoms with Crippen LogP contribution >= 0.6 is 0 Å². The standard InChI is InChI=1S/C18H25N3O3S/c22-18(13-19-25(23,24)17-8-2-1-3-9-17)21-20-16-11-10-14-6-4-5-7-15(14)12-16/h1-3,8-9,14-15,19H,4-7,10-13H2,(H,21,22)/b20-16-/t14-,15-/m0/s1. The van der Waals surface area contributed by atoms with E-state index >= 15 is 0 Å². The molecule has 0 spiro atoms. The summed E-state index contributed by atoms with van der Waals surface area (Å²) < 4.78 is 26.4. The van der Waals surface area contributed by atoms with E-state index in [0.29, 0.717) is 5.92 Å². The normalized spacial score (nSPS) is 25.4. The fourth-order valence-corrected chi connectivity index (χ4v) is 4.82. The van der Waals surface area contributed by atoms with E-state index in [-0.39, 0.29) is 11.4 Å². The minimum Gasteiger partial charge on any atom is -0.272 e. The molecule has 2 atom stereocenters. The van der Waals surface area contributed by atoms with Gasteiger partial charge in [0, 0.05) is 5.71 Å². The highest BCUT2D eigenvalue weighted by atomic mass is 32.2. The molecule has 0 heterocycles. The smallest absolute Gasteiger partial charge is 0.255 e. The third-order valence-electron chi connectivity index (χ3n) is 5.18. The number of benzene rings is 1. The van der Waals surface area contributed by atoms with Gasteiger partial charge in [-0.1, -0.05) is 37.5 Å². The summed E-state index contributed by atoms with van der Waals surface area (Å²) in [7, 11) is -3.67. The molecule has 7 heteroatoms. The summed E-state index contributed by atoms with van der Waals surface area (Å²) in [4.78, 5) is 12.0. The predicted molar refractivity (Wildman–Crippen MR) is 96.5 cm³/mol. The summed E-state index contributed by atoms with van der Waals surface area (Å²) in [5.41, 5.74) is 3.52. The van der Waals surface area contributed by atoms with Crippen molar-refractivity contribution < 1.29 is 13.2 Å². The average Bonchev–Trinajstić information content (AvgIpc) is 2.65. The number of carbonyl (C=O) groups is 1. The van der Waals surface area contributed by atoms with Gasteiger partial charge in [-0.2, -0.15) is 5.10 Å². The highest BCUT2D eigenvalue weighted by Gasteiger charge is 2.30. The predicted octanol–water partition coefficient (Wildman–Crippen LogP) is 2.43. The van der Waals surface area contributed by atoms with Crippen LogP contribution in [0.25, 0.3) is 0 Å². The van der Waals surface area contributed by atoms with Gasteiger partial charge in [-0.15, -0.1) is 0 Å². The van der Waals surface area contributed by atoms with Crippen LogP contribution in [0.3, 0.4) is 0 Å². The van der Waals surface area contributed by atoms with Crippen LogP contribution in [-0.2, 0) is 14.8 Å². The molecular formula is C18H25N3O3S. The fraction of sp³-hybridized carbons (Fsp3) is 0.556. The summed E-state index contributed by atoms with van der Waals surface area (Å²) in [5, 5.41) is 4.23. The van der Waals surface area contributed by atoms with Crippen molar-refractivity contribution in [1.29, 1.82) is 0 Å². The Hall–Kier alpha value is -1.73. The maximum atomic E-state index is 12.1. The third-order valence-corrected chi connectivity index (χ3v) is 6.60. The molecule has 1 aromatic rings. The van der Waals surface area contributed by atoms with Gasteiger partial charge in [-0.25, -0.2) is 18.6 Å². The number of hydrogen-bond acceptors (Lipinski definition) is 4. The number of amides is 1. The van der Waals surface area contributed by atoms with Crippen molar-refractivity contribution in [2.75, 3.05) is 6.54 Å². The highest BCUT2D eigenvalue weighted by molar-refractivity contribution is 7.89. The minimum absolute atomic E-state index is 0.143. The number of carbonyl (C=O) groups excluding carboxylic acids is 1. The Labute approximate surface area is 149 Å². The van der Waals surface area contributed by atoms with Crippen molar-refractivity contribution >= 4 is 21.6 Å². The first-order chi connectivity index (χ1) is 12.0. The van der Waals surface area contributed by atoms with Gasteiger partial charge in [0.15, 0.2) is 0 Å². The molecule has 2 saturated carbocycles. The highest BCUT2D eigenvalue weighted by Crippen LogP contribution is 2.39. The zero-order valence-electron chi connectivity index (χ0n) is 14.3. The molecule has 1 aromatic carbocycles. The Kier molecular flexibility index (Phi) is 5.86. The summed E-state index contributed by atoms with van der Waals surface area (Å²) in [5.74, 6) is 1.08. The number of hydrogen-bond donors (Lipinski definition) is 2. The van der Waals surface area contributed by atoms with Crippen LogP contribution in [0.1, 0.15) is 44.9 Å². The van der Waals surface area contributed by atoms with Gasteiger partial charge in [-0.05, 0) is 49.7 Å². The largest absolute Gasteiger partial charge is 0.272 e. The zero-order valence-corrected chi connectivity index (χ0v) is 15.1. The first-order valence-electron chi connectivity index (χ1n) is 8.93. The molecule has 3 rings (SSSR count). The van der Waals surface area contributed by atoms with Crippen LogP contribution in [0, 0.1) is 11.8 Å². The van der Waals surface area contributed by atoms with Gasteiger partial charge in [0.05, 0.1) is 11.4 Å². The Balaban J connectivity index is 1.48. The molecule has 0 aliphatic heterocycles. The van der Waals surface area contributed by atoms with Crippen LogP contribution in [0.2, 0.25) is 0 Å². The van der Waals surface area contributed by atoms with Gasteiger partial charge in [-0.3, -0.25) is 4.79 Å². The molecule has 0 radical (unpaired) electrons. The molecule has 136 valence electrons. The molecule has 1 amide bonds. The average molecular weight is 363 g/mol. The van der Waals surface area contributed by atoms with Gasteiger partial charge in [0.2, 0.25) is 10.0 Å². The van der Waals surface area contributed by atoms with Gasteiger partial charge in [0.25, 0.3) is 5.91 Å². The van der Waals surface area contributed by atoms with Crippen molar-refractivity contribution in [3.8, 4) is 0 Å². The van der Waals surface area contributed by atoms with Gasteiger partial charge < -0.3 is 0 Å². The minimum atomic E-state index is -3.67. The Morgan fingerprint density at radius 1 is 1.08 bits per heavy atom. The maximum Gasteiger partial charge on any atom is 0.255 e. The Morgan fingerprint density at radius 2 is 1.80 bits per heavy atom. The Morgan fingerprint density at radius 3 is 2.56 bits per heavy atom. The molecule has 0 aromatic heterocycles. The molecule has 6 nitrogen and oxygen atoms in total. The molecule has 25 heavy (non-hydrogen) atoms. The second kappa shape index (κ2) is 8.10. The summed E-state index contributed by atoms with van der Waals surface area (Å²) in [6.45, 7) is -0.319. The van der Waals surface area contributed by atoms with Crippen LogP contribution in [-0.4, -0.2) is 26.6 Å². The van der Waals surface area contributed by atoms with E-state index in [4.69, 9.17) is 0 Å². The molecule has 0 bridgehead atoms. The van der Waals surface area contributed by atoms with Gasteiger partial charge in [0.1, 0.15) is 0 Å². The molecule has 2 aliphatic rings. The first kappa shape index (κ1) is 18.1. The van der Waals surface area contributed by atoms with Crippen molar-refractivity contribution in [2.24, 2.45) is 16.9 Å². The second-order valence-corrected chi connectivity index (χ2v) is 8.66. The van der Waals surface area contributed by atoms with E-state index in [1.807, 2.05) is 0 Å². The lowest BCUT2D eigenvalue weighted by Gasteiger charge is -2.35. The van der Waals surface area contributed by atoms with E-state index in [0.717, 1.165) is 30.9 Å². The second-order valence-electron chi connectivity index (χ2n) is 6.90. The monoisotopic (exact) mass is 363 g/mol. The van der Waals surface area contributed by atoms with E-state index in [1.54, 1.807) is 18.2 Å². The van der Waals surface area contributed by atoms with Crippen LogP contribution < -0.4 is 10.1 Å². The lowest BCUT2D eigenvalue weighted by molar-refractivity contribution is -0.119. The number of sulfonamides is 1. The van der Waals surface area contributed by atoms with Crippen LogP contribution in [0.15, 0.2) is 40.3 Å². The summed E-state index contributed by atoms with van der Waals surface area (Å²) in [6, 6.07) is 8.00. The third kappa shape index (κ3) is 4.89. The number of fused-ring (bicyclic) bond motifs is 1. The van der Waals surface area contributed by atoms with Crippen LogP contribution in [0.5, 0.6) is 0 Å². The molecule has 0 saturated heterocycles. The topological polar surface area (TPSA) is 87.6 Å². The lowest BCUT2D eigenvalue weighted by atomic mass is 9.70. The molecule has 2 fully saturated rings. The summed E-state index contributed by atoms with van der Waals surface area (Å²) in [6.07, 6.45) is 8.26. The summed E-state index contributed by atoms with van der Waals surface area (Å²) >= 11 is 0. The number of rotatable bonds is 5. The molecule has 2 aliphatic carbocycles. The molecule has 0 unspecified atom stereocenters. The number of hydrazone groups is 1. The van der Waals surface area contributed by atoms with E-state index in [9.17, 15) is 13.2 Å². The maximum absolute atomic E-state index is 12.1. The van der Waals surface area contributed by atoms with Crippen molar-refractivity contribution in [3.63, 3.8) is 0 Å². The lowest BCUT2D eigenvalue weighted by Crippen LogP contribution is -2.36. The Bertz CT molecular complexity index is 731. The van der Waals surface area contributed by atoms with E-state index in [1.165, 1.54) is 37.8 Å². The molecular weight excluding hydrogens is 338 g/mol. The number of nitrogens with one attached hydrogen (secondary N) is 2. The van der Waals surface area contributed by atoms with Gasteiger partial charge >= 0.3 is 0 Å². The SMILES string of the molecule is O=C(CNS(=O)(=O)c1ccccc1)N/N=C1/CC[C@@H]2CCCC[C@H]2C1. The van der Waals surface area contributed by atoms with Crippen molar-refractivity contribution in [2.45, 2.75) is 49.8 Å². The van der Waals surface area contributed by atoms with E-state index in [2.05, 4.69) is 15.2 Å². The van der Waals surface area contributed by atoms with E-state index < -0.39 is 15.9 Å². The number of nitrogens with zero attached hydrogens (tertiary/aromatic N) is 1. The first-order valence-corrected chi connectivity index (χ1v) is 10.4. The van der Waals surface area contributed by atoms with Crippen LogP contribution in [0.4, 0.5) is 0 Å². The molecule has 2 N–H and O–H groups in total. The quantitative estimate of drug-likeness (QED) is 0.788. The zero-order chi connectivity index (χ0) is 17.7.